The first-order chi connectivity index (χ1) is 10.2. The minimum Gasteiger partial charge on any atom is -0.398 e. The number of aryl methyl sites for hydroxylation is 1. The number of nitrogen functional groups attached to an aromatic ring is 1. The molecular weight excluding hydrogens is 254 g/mol. The molecule has 0 heterocycles. The van der Waals surface area contributed by atoms with Crippen LogP contribution in [-0.4, -0.2) is 0 Å². The third kappa shape index (κ3) is 1.85. The number of anilines is 1. The molecule has 1 aliphatic rings. The molecule has 2 N–H and O–H groups in total. The lowest BCUT2D eigenvalue weighted by Gasteiger charge is -2.10. The van der Waals surface area contributed by atoms with Crippen molar-refractivity contribution in [2.45, 2.75) is 13.3 Å². The van der Waals surface area contributed by atoms with Crippen molar-refractivity contribution >= 4 is 5.69 Å². The highest BCUT2D eigenvalue weighted by atomic mass is 14.6. The Hall–Kier alpha value is -2.54. The Balaban J connectivity index is 1.92. The molecule has 1 nitrogen and oxygen atoms in total. The summed E-state index contributed by atoms with van der Waals surface area (Å²) < 4.78 is 0. The van der Waals surface area contributed by atoms with Gasteiger partial charge in [0.2, 0.25) is 0 Å². The summed E-state index contributed by atoms with van der Waals surface area (Å²) in [5.74, 6) is 0. The van der Waals surface area contributed by atoms with Crippen molar-refractivity contribution in [2.75, 3.05) is 5.73 Å². The molecule has 0 radical (unpaired) electrons. The van der Waals surface area contributed by atoms with Crippen LogP contribution >= 0.6 is 0 Å². The van der Waals surface area contributed by atoms with E-state index < -0.39 is 0 Å². The highest BCUT2D eigenvalue weighted by Gasteiger charge is 2.20. The van der Waals surface area contributed by atoms with E-state index in [1.54, 1.807) is 0 Å². The molecule has 1 heteroatoms. The molecule has 0 aromatic heterocycles. The number of benzene rings is 3. The first kappa shape index (κ1) is 12.2. The Bertz CT molecular complexity index is 846. The van der Waals surface area contributed by atoms with Crippen LogP contribution in [0, 0.1) is 6.92 Å². The van der Waals surface area contributed by atoms with E-state index in [1.165, 1.54) is 33.4 Å². The molecule has 21 heavy (non-hydrogen) atoms. The molecule has 0 spiro atoms. The van der Waals surface area contributed by atoms with Crippen LogP contribution in [0.3, 0.4) is 0 Å². The topological polar surface area (TPSA) is 26.0 Å². The molecule has 102 valence electrons. The maximum Gasteiger partial charge on any atom is 0.0349 e. The Morgan fingerprint density at radius 3 is 2.43 bits per heavy atom. The third-order valence-electron chi connectivity index (χ3n) is 4.44. The maximum atomic E-state index is 6.09. The minimum atomic E-state index is 0.862. The van der Waals surface area contributed by atoms with Crippen molar-refractivity contribution in [1.82, 2.24) is 0 Å². The average Bonchev–Trinajstić information content (AvgIpc) is 2.89. The van der Waals surface area contributed by atoms with Crippen LogP contribution in [-0.2, 0) is 6.42 Å². The number of hydrogen-bond acceptors (Lipinski definition) is 1. The highest BCUT2D eigenvalue weighted by Crippen LogP contribution is 2.41. The van der Waals surface area contributed by atoms with E-state index in [1.807, 2.05) is 6.92 Å². The molecule has 3 aromatic rings. The van der Waals surface area contributed by atoms with Crippen LogP contribution < -0.4 is 5.73 Å². The SMILES string of the molecule is Cc1ccc(-c2cccc3c2Cc2ccccc2-3)cc1N. The zero-order valence-electron chi connectivity index (χ0n) is 12.1. The fourth-order valence-corrected chi connectivity index (χ4v) is 3.24. The summed E-state index contributed by atoms with van der Waals surface area (Å²) in [7, 11) is 0. The first-order valence-electron chi connectivity index (χ1n) is 7.31. The molecule has 3 aromatic carbocycles. The quantitative estimate of drug-likeness (QED) is 0.494. The van der Waals surface area contributed by atoms with Crippen molar-refractivity contribution in [3.05, 3.63) is 77.4 Å². The van der Waals surface area contributed by atoms with Crippen molar-refractivity contribution in [2.24, 2.45) is 0 Å². The first-order valence-corrected chi connectivity index (χ1v) is 7.31. The lowest BCUT2D eigenvalue weighted by molar-refractivity contribution is 1.26. The van der Waals surface area contributed by atoms with Crippen molar-refractivity contribution in [3.63, 3.8) is 0 Å². The Morgan fingerprint density at radius 2 is 1.57 bits per heavy atom. The van der Waals surface area contributed by atoms with Gasteiger partial charge in [-0.25, -0.2) is 0 Å². The summed E-state index contributed by atoms with van der Waals surface area (Å²) in [5, 5.41) is 0. The molecular formula is C20H17N. The van der Waals surface area contributed by atoms with Crippen LogP contribution in [0.5, 0.6) is 0 Å². The standard InChI is InChI=1S/C20H17N/c1-13-9-10-15(12-20(13)21)17-7-4-8-18-16-6-3-2-5-14(16)11-19(17)18/h2-10,12H,11,21H2,1H3. The van der Waals surface area contributed by atoms with Gasteiger partial charge in [0, 0.05) is 5.69 Å². The molecule has 0 amide bonds. The largest absolute Gasteiger partial charge is 0.398 e. The van der Waals surface area contributed by atoms with Gasteiger partial charge in [0.15, 0.2) is 0 Å². The molecule has 1 aliphatic carbocycles. The van der Waals surface area contributed by atoms with Gasteiger partial charge in [-0.05, 0) is 58.4 Å². The summed E-state index contributed by atoms with van der Waals surface area (Å²) in [6.07, 6.45) is 1.01. The predicted molar refractivity (Wildman–Crippen MR) is 89.3 cm³/mol. The zero-order valence-corrected chi connectivity index (χ0v) is 12.1. The lowest BCUT2D eigenvalue weighted by atomic mass is 9.95. The van der Waals surface area contributed by atoms with E-state index in [4.69, 9.17) is 5.73 Å². The maximum absolute atomic E-state index is 6.09. The van der Waals surface area contributed by atoms with Crippen LogP contribution in [0.1, 0.15) is 16.7 Å². The summed E-state index contributed by atoms with van der Waals surface area (Å²) in [6, 6.07) is 21.6. The number of fused-ring (bicyclic) bond motifs is 3. The van der Waals surface area contributed by atoms with E-state index in [0.717, 1.165) is 17.7 Å². The average molecular weight is 271 g/mol. The number of nitrogens with two attached hydrogens (primary N) is 1. The molecule has 0 saturated carbocycles. The molecule has 0 atom stereocenters. The van der Waals surface area contributed by atoms with Gasteiger partial charge in [-0.15, -0.1) is 0 Å². The summed E-state index contributed by atoms with van der Waals surface area (Å²) in [5.41, 5.74) is 16.2. The number of rotatable bonds is 1. The second kappa shape index (κ2) is 4.49. The van der Waals surface area contributed by atoms with Gasteiger partial charge in [0.1, 0.15) is 0 Å². The second-order valence-corrected chi connectivity index (χ2v) is 5.74. The fourth-order valence-electron chi connectivity index (χ4n) is 3.24. The van der Waals surface area contributed by atoms with E-state index in [0.29, 0.717) is 0 Å². The van der Waals surface area contributed by atoms with Gasteiger partial charge in [-0.2, -0.15) is 0 Å². The van der Waals surface area contributed by atoms with Gasteiger partial charge >= 0.3 is 0 Å². The second-order valence-electron chi connectivity index (χ2n) is 5.74. The Kier molecular flexibility index (Phi) is 2.61. The van der Waals surface area contributed by atoms with E-state index in [2.05, 4.69) is 60.7 Å². The van der Waals surface area contributed by atoms with E-state index >= 15 is 0 Å². The molecule has 4 rings (SSSR count). The normalized spacial score (nSPS) is 12.0. The van der Waals surface area contributed by atoms with Gasteiger partial charge in [0.25, 0.3) is 0 Å². The Labute approximate surface area is 125 Å². The minimum absolute atomic E-state index is 0.862. The van der Waals surface area contributed by atoms with Crippen LogP contribution in [0.4, 0.5) is 5.69 Å². The number of hydrogen-bond donors (Lipinski definition) is 1. The third-order valence-corrected chi connectivity index (χ3v) is 4.44. The summed E-state index contributed by atoms with van der Waals surface area (Å²) in [4.78, 5) is 0. The summed E-state index contributed by atoms with van der Waals surface area (Å²) in [6.45, 7) is 2.05. The van der Waals surface area contributed by atoms with E-state index in [-0.39, 0.29) is 0 Å². The molecule has 0 fully saturated rings. The smallest absolute Gasteiger partial charge is 0.0349 e. The van der Waals surface area contributed by atoms with Gasteiger partial charge in [-0.1, -0.05) is 54.6 Å². The Morgan fingerprint density at radius 1 is 0.810 bits per heavy atom. The highest BCUT2D eigenvalue weighted by molar-refractivity contribution is 5.85. The predicted octanol–water partition coefficient (Wildman–Crippen LogP) is 4.82. The van der Waals surface area contributed by atoms with Crippen molar-refractivity contribution < 1.29 is 0 Å². The monoisotopic (exact) mass is 271 g/mol. The van der Waals surface area contributed by atoms with Crippen LogP contribution in [0.25, 0.3) is 22.3 Å². The zero-order chi connectivity index (χ0) is 14.4. The fraction of sp³-hybridized carbons (Fsp3) is 0.100. The van der Waals surface area contributed by atoms with Crippen molar-refractivity contribution in [3.8, 4) is 22.3 Å². The van der Waals surface area contributed by atoms with Crippen LogP contribution in [0.2, 0.25) is 0 Å². The van der Waals surface area contributed by atoms with Crippen molar-refractivity contribution in [1.29, 1.82) is 0 Å². The molecule has 0 bridgehead atoms. The summed E-state index contributed by atoms with van der Waals surface area (Å²) >= 11 is 0. The van der Waals surface area contributed by atoms with Gasteiger partial charge in [0.05, 0.1) is 0 Å². The lowest BCUT2D eigenvalue weighted by Crippen LogP contribution is -1.92. The van der Waals surface area contributed by atoms with Crippen LogP contribution in [0.15, 0.2) is 60.7 Å². The molecule has 0 saturated heterocycles. The van der Waals surface area contributed by atoms with Gasteiger partial charge < -0.3 is 5.73 Å². The van der Waals surface area contributed by atoms with E-state index in [9.17, 15) is 0 Å². The molecule has 0 aliphatic heterocycles. The molecule has 0 unspecified atom stereocenters. The van der Waals surface area contributed by atoms with Gasteiger partial charge in [-0.3, -0.25) is 0 Å².